The van der Waals surface area contributed by atoms with E-state index in [1.165, 1.54) is 25.7 Å². The molecule has 1 unspecified atom stereocenters. The normalized spacial score (nSPS) is 25.9. The number of allylic oxidation sites excluding steroid dienone is 1. The summed E-state index contributed by atoms with van der Waals surface area (Å²) in [5, 5.41) is 10.7. The van der Waals surface area contributed by atoms with Gasteiger partial charge in [0.15, 0.2) is 0 Å². The summed E-state index contributed by atoms with van der Waals surface area (Å²) in [6, 6.07) is 3.79. The lowest BCUT2D eigenvalue weighted by Gasteiger charge is -2.49. The molecule has 5 nitrogen and oxygen atoms in total. The van der Waals surface area contributed by atoms with E-state index in [1.807, 2.05) is 24.0 Å². The van der Waals surface area contributed by atoms with Crippen molar-refractivity contribution in [3.63, 3.8) is 0 Å². The van der Waals surface area contributed by atoms with Crippen LogP contribution in [0.3, 0.4) is 0 Å². The van der Waals surface area contributed by atoms with Crippen molar-refractivity contribution in [1.29, 1.82) is 0 Å². The third-order valence-electron chi connectivity index (χ3n) is 8.41. The van der Waals surface area contributed by atoms with Gasteiger partial charge >= 0.3 is 0 Å². The molecule has 1 aliphatic carbocycles. The predicted octanol–water partition coefficient (Wildman–Crippen LogP) is 4.60. The minimum Gasteiger partial charge on any atom is -0.391 e. The highest BCUT2D eigenvalue weighted by Crippen LogP contribution is 2.43. The molecule has 3 aliphatic rings. The zero-order valence-electron chi connectivity index (χ0n) is 20.5. The van der Waals surface area contributed by atoms with E-state index in [0.717, 1.165) is 51.0 Å². The van der Waals surface area contributed by atoms with E-state index in [0.29, 0.717) is 17.7 Å². The average Bonchev–Trinajstić information content (AvgIpc) is 2.74. The summed E-state index contributed by atoms with van der Waals surface area (Å²) < 4.78 is 0. The Bertz CT molecular complexity index is 867. The molecule has 1 aromatic heterocycles. The maximum Gasteiger partial charge on any atom is 0.272 e. The van der Waals surface area contributed by atoms with Gasteiger partial charge in [-0.25, -0.2) is 0 Å². The second kappa shape index (κ2) is 9.26. The molecule has 0 bridgehead atoms. The van der Waals surface area contributed by atoms with Gasteiger partial charge in [0.25, 0.3) is 5.91 Å². The first-order chi connectivity index (χ1) is 15.2. The van der Waals surface area contributed by atoms with Gasteiger partial charge in [0.2, 0.25) is 0 Å². The fraction of sp³-hybridized carbons (Fsp3) is 0.704. The third kappa shape index (κ3) is 4.94. The fourth-order valence-corrected chi connectivity index (χ4v) is 6.48. The standard InChI is InChI=1S/C27H41N3O2/c1-20-7-5-10-26(3,4)23(20)9-14-29-15-11-27(12-16-29)17-22(31)18-30(19-27)25(32)24-21(2)8-6-13-28-24/h6,8,13,22,31H,5,7,9-12,14-19H2,1-4H3. The zero-order chi connectivity index (χ0) is 22.9. The lowest BCUT2D eigenvalue weighted by atomic mass is 9.70. The van der Waals surface area contributed by atoms with Crippen LogP contribution < -0.4 is 0 Å². The van der Waals surface area contributed by atoms with E-state index < -0.39 is 6.10 Å². The highest BCUT2D eigenvalue weighted by molar-refractivity contribution is 5.93. The molecule has 32 heavy (non-hydrogen) atoms. The monoisotopic (exact) mass is 439 g/mol. The molecule has 176 valence electrons. The minimum atomic E-state index is -0.445. The number of rotatable bonds is 4. The molecule has 4 rings (SSSR count). The topological polar surface area (TPSA) is 56.7 Å². The summed E-state index contributed by atoms with van der Waals surface area (Å²) in [5.74, 6) is -0.0365. The van der Waals surface area contributed by atoms with Crippen LogP contribution in [-0.4, -0.2) is 64.6 Å². The van der Waals surface area contributed by atoms with Gasteiger partial charge in [-0.2, -0.15) is 0 Å². The Morgan fingerprint density at radius 1 is 1.22 bits per heavy atom. The highest BCUT2D eigenvalue weighted by Gasteiger charge is 2.43. The van der Waals surface area contributed by atoms with Crippen LogP contribution in [-0.2, 0) is 0 Å². The van der Waals surface area contributed by atoms with Gasteiger partial charge < -0.3 is 14.9 Å². The van der Waals surface area contributed by atoms with Gasteiger partial charge in [-0.1, -0.05) is 31.1 Å². The smallest absolute Gasteiger partial charge is 0.272 e. The van der Waals surface area contributed by atoms with Crippen LogP contribution in [0.1, 0.15) is 81.8 Å². The van der Waals surface area contributed by atoms with Crippen molar-refractivity contribution in [2.75, 3.05) is 32.7 Å². The van der Waals surface area contributed by atoms with E-state index in [2.05, 4.69) is 30.7 Å². The Morgan fingerprint density at radius 2 is 1.97 bits per heavy atom. The molecular formula is C27H41N3O2. The van der Waals surface area contributed by atoms with Crippen LogP contribution in [0, 0.1) is 17.8 Å². The number of piperidine rings is 2. The lowest BCUT2D eigenvalue weighted by molar-refractivity contribution is -0.0328. The number of likely N-dealkylation sites (tertiary alicyclic amines) is 2. The number of pyridine rings is 1. The summed E-state index contributed by atoms with van der Waals surface area (Å²) in [6.07, 6.45) is 9.22. The van der Waals surface area contributed by atoms with Crippen LogP contribution in [0.15, 0.2) is 29.5 Å². The maximum atomic E-state index is 13.2. The number of β-amino-alcohol motifs (C(OH)–C–C–N with tert-alkyl or cyclic N) is 1. The Morgan fingerprint density at radius 3 is 2.66 bits per heavy atom. The van der Waals surface area contributed by atoms with Crippen LogP contribution in [0.4, 0.5) is 0 Å². The van der Waals surface area contributed by atoms with Gasteiger partial charge in [0.05, 0.1) is 6.10 Å². The van der Waals surface area contributed by atoms with Crippen molar-refractivity contribution in [2.45, 2.75) is 78.7 Å². The lowest BCUT2D eigenvalue weighted by Crippen LogP contribution is -2.55. The molecule has 0 radical (unpaired) electrons. The van der Waals surface area contributed by atoms with Crippen molar-refractivity contribution in [3.8, 4) is 0 Å². The summed E-state index contributed by atoms with van der Waals surface area (Å²) in [5.41, 5.74) is 5.09. The quantitative estimate of drug-likeness (QED) is 0.697. The van der Waals surface area contributed by atoms with E-state index in [9.17, 15) is 9.90 Å². The number of aliphatic hydroxyl groups is 1. The third-order valence-corrected chi connectivity index (χ3v) is 8.41. The van der Waals surface area contributed by atoms with Gasteiger partial charge in [-0.3, -0.25) is 9.78 Å². The summed E-state index contributed by atoms with van der Waals surface area (Å²) >= 11 is 0. The van der Waals surface area contributed by atoms with Gasteiger partial charge in [0.1, 0.15) is 5.69 Å². The summed E-state index contributed by atoms with van der Waals surface area (Å²) in [4.78, 5) is 22.0. The molecular weight excluding hydrogens is 398 g/mol. The first kappa shape index (κ1) is 23.4. The minimum absolute atomic E-state index is 0.0335. The number of aromatic nitrogens is 1. The fourth-order valence-electron chi connectivity index (χ4n) is 6.48. The van der Waals surface area contributed by atoms with Crippen molar-refractivity contribution in [3.05, 3.63) is 40.7 Å². The Kier molecular flexibility index (Phi) is 6.78. The molecule has 2 fully saturated rings. The number of aliphatic hydroxyl groups excluding tert-OH is 1. The van der Waals surface area contributed by atoms with Gasteiger partial charge in [0, 0.05) is 25.8 Å². The number of hydrogen-bond donors (Lipinski definition) is 1. The van der Waals surface area contributed by atoms with Crippen molar-refractivity contribution in [2.24, 2.45) is 10.8 Å². The van der Waals surface area contributed by atoms with Crippen molar-refractivity contribution in [1.82, 2.24) is 14.8 Å². The molecule has 0 aromatic carbocycles. The second-order valence-electron chi connectivity index (χ2n) is 11.3. The molecule has 1 spiro atoms. The number of carbonyl (C=O) groups is 1. The molecule has 1 atom stereocenters. The number of aryl methyl sites for hydroxylation is 1. The first-order valence-corrected chi connectivity index (χ1v) is 12.5. The number of hydrogen-bond acceptors (Lipinski definition) is 4. The van der Waals surface area contributed by atoms with Crippen LogP contribution in [0.25, 0.3) is 0 Å². The summed E-state index contributed by atoms with van der Waals surface area (Å²) in [7, 11) is 0. The highest BCUT2D eigenvalue weighted by atomic mass is 16.3. The Hall–Kier alpha value is -1.72. The van der Waals surface area contributed by atoms with Crippen molar-refractivity contribution < 1.29 is 9.90 Å². The second-order valence-corrected chi connectivity index (χ2v) is 11.3. The number of nitrogens with zero attached hydrogens (tertiary/aromatic N) is 3. The van der Waals surface area contributed by atoms with Gasteiger partial charge in [-0.15, -0.1) is 0 Å². The average molecular weight is 440 g/mol. The predicted molar refractivity (Wildman–Crippen MR) is 129 cm³/mol. The largest absolute Gasteiger partial charge is 0.391 e. The summed E-state index contributed by atoms with van der Waals surface area (Å²) in [6.45, 7) is 13.5. The Labute approximate surface area is 193 Å². The molecule has 2 aliphatic heterocycles. The molecule has 0 saturated carbocycles. The maximum absolute atomic E-state index is 13.2. The van der Waals surface area contributed by atoms with Crippen LogP contribution in [0.5, 0.6) is 0 Å². The SMILES string of the molecule is CC1=C(CCN2CCC3(CC2)CC(O)CN(C(=O)c2ncccc2C)C3)C(C)(C)CCC1. The molecule has 1 N–H and O–H groups in total. The van der Waals surface area contributed by atoms with E-state index >= 15 is 0 Å². The van der Waals surface area contributed by atoms with E-state index in [4.69, 9.17) is 0 Å². The Balaban J connectivity index is 1.37. The van der Waals surface area contributed by atoms with Crippen LogP contribution >= 0.6 is 0 Å². The van der Waals surface area contributed by atoms with Crippen LogP contribution in [0.2, 0.25) is 0 Å². The zero-order valence-corrected chi connectivity index (χ0v) is 20.5. The van der Waals surface area contributed by atoms with E-state index in [-0.39, 0.29) is 11.3 Å². The first-order valence-electron chi connectivity index (χ1n) is 12.5. The van der Waals surface area contributed by atoms with Crippen molar-refractivity contribution >= 4 is 5.91 Å². The molecule has 2 saturated heterocycles. The molecule has 1 aromatic rings. The van der Waals surface area contributed by atoms with Gasteiger partial charge in [-0.05, 0) is 94.3 Å². The molecule has 3 heterocycles. The number of amides is 1. The number of carbonyl (C=O) groups excluding carboxylic acids is 1. The van der Waals surface area contributed by atoms with E-state index in [1.54, 1.807) is 17.3 Å². The molecule has 1 amide bonds. The molecule has 5 heteroatoms.